The third kappa shape index (κ3) is 4.85. The number of cyclic esters (lactones) is 1. The van der Waals surface area contributed by atoms with E-state index in [1.165, 1.54) is 24.5 Å². The summed E-state index contributed by atoms with van der Waals surface area (Å²) in [5.74, 6) is 0.696. The van der Waals surface area contributed by atoms with Gasteiger partial charge in [0.1, 0.15) is 5.76 Å². The molecular weight excluding hydrogens is 212 g/mol. The first-order valence-corrected chi connectivity index (χ1v) is 6.11. The molecule has 0 aromatic heterocycles. The monoisotopic (exact) mass is 232 g/mol. The van der Waals surface area contributed by atoms with Crippen LogP contribution in [0.15, 0.2) is 48.3 Å². The Hall–Kier alpha value is -1.57. The van der Waals surface area contributed by atoms with Crippen LogP contribution in [0.2, 0.25) is 0 Å². The Morgan fingerprint density at radius 3 is 2.59 bits per heavy atom. The predicted molar refractivity (Wildman–Crippen MR) is 70.3 cm³/mol. The minimum atomic E-state index is -0.375. The maximum atomic E-state index is 11.2. The summed E-state index contributed by atoms with van der Waals surface area (Å²) in [7, 11) is 0. The van der Waals surface area contributed by atoms with Crippen LogP contribution in [0.1, 0.15) is 33.1 Å². The largest absolute Gasteiger partial charge is 0.424 e. The number of rotatable bonds is 4. The van der Waals surface area contributed by atoms with Crippen molar-refractivity contribution in [1.29, 1.82) is 0 Å². The molecule has 0 amide bonds. The van der Waals surface area contributed by atoms with Crippen LogP contribution in [-0.4, -0.2) is 5.97 Å². The van der Waals surface area contributed by atoms with E-state index in [2.05, 4.69) is 20.4 Å². The Balaban J connectivity index is 2.81. The summed E-state index contributed by atoms with van der Waals surface area (Å²) in [4.78, 5) is 11.2. The lowest BCUT2D eigenvalue weighted by molar-refractivity contribution is -0.133. The fourth-order valence-electron chi connectivity index (χ4n) is 1.75. The highest BCUT2D eigenvalue weighted by atomic mass is 16.5. The highest BCUT2D eigenvalue weighted by Crippen LogP contribution is 2.20. The molecule has 17 heavy (non-hydrogen) atoms. The van der Waals surface area contributed by atoms with Crippen molar-refractivity contribution in [2.24, 2.45) is 5.92 Å². The minimum absolute atomic E-state index is 0.375. The normalized spacial score (nSPS) is 23.1. The lowest BCUT2D eigenvalue weighted by atomic mass is 9.94. The van der Waals surface area contributed by atoms with Gasteiger partial charge in [-0.15, -0.1) is 0 Å². The van der Waals surface area contributed by atoms with Gasteiger partial charge in [0.15, 0.2) is 0 Å². The van der Waals surface area contributed by atoms with E-state index in [0.717, 1.165) is 6.42 Å². The first-order valence-electron chi connectivity index (χ1n) is 6.11. The zero-order valence-corrected chi connectivity index (χ0v) is 10.6. The second-order valence-corrected chi connectivity index (χ2v) is 4.21. The van der Waals surface area contributed by atoms with Crippen molar-refractivity contribution in [3.8, 4) is 0 Å². The molecule has 0 aliphatic carbocycles. The number of carbonyl (C=O) groups is 1. The van der Waals surface area contributed by atoms with E-state index in [1.807, 2.05) is 12.2 Å². The lowest BCUT2D eigenvalue weighted by Crippen LogP contribution is -1.98. The van der Waals surface area contributed by atoms with Gasteiger partial charge in [0.2, 0.25) is 0 Å². The van der Waals surface area contributed by atoms with Gasteiger partial charge < -0.3 is 4.74 Å². The van der Waals surface area contributed by atoms with Crippen LogP contribution < -0.4 is 0 Å². The summed E-state index contributed by atoms with van der Waals surface area (Å²) in [5, 5.41) is 0. The van der Waals surface area contributed by atoms with Crippen molar-refractivity contribution in [3.63, 3.8) is 0 Å². The summed E-state index contributed by atoms with van der Waals surface area (Å²) in [6.45, 7) is 8.08. The zero-order valence-electron chi connectivity index (χ0n) is 10.6. The maximum Gasteiger partial charge on any atom is 0.336 e. The van der Waals surface area contributed by atoms with Crippen LogP contribution >= 0.6 is 0 Å². The molecule has 1 aliphatic rings. The molecular formula is C15H20O2. The Morgan fingerprint density at radius 1 is 1.24 bits per heavy atom. The maximum absolute atomic E-state index is 11.2. The first kappa shape index (κ1) is 13.5. The van der Waals surface area contributed by atoms with E-state index in [0.29, 0.717) is 11.7 Å². The third-order valence-corrected chi connectivity index (χ3v) is 2.94. The fraction of sp³-hybridized carbons (Fsp3) is 0.400. The molecule has 0 spiro atoms. The van der Waals surface area contributed by atoms with Crippen molar-refractivity contribution >= 4 is 5.97 Å². The molecule has 0 N–H and O–H groups in total. The Bertz CT molecular complexity index is 368. The SMILES string of the molecule is C=C1/C=C/C(CC(CC)CC)=C\C=C\C(=O)O1. The molecule has 1 aliphatic heterocycles. The van der Waals surface area contributed by atoms with Crippen LogP contribution in [0, 0.1) is 5.92 Å². The molecule has 1 heterocycles. The smallest absolute Gasteiger partial charge is 0.336 e. The van der Waals surface area contributed by atoms with Crippen LogP contribution in [0.3, 0.4) is 0 Å². The van der Waals surface area contributed by atoms with Crippen molar-refractivity contribution in [2.75, 3.05) is 0 Å². The van der Waals surface area contributed by atoms with Gasteiger partial charge in [-0.05, 0) is 24.0 Å². The van der Waals surface area contributed by atoms with Crippen molar-refractivity contribution < 1.29 is 9.53 Å². The van der Waals surface area contributed by atoms with Crippen molar-refractivity contribution in [1.82, 2.24) is 0 Å². The van der Waals surface area contributed by atoms with Crippen LogP contribution in [0.5, 0.6) is 0 Å². The molecule has 0 bridgehead atoms. The molecule has 0 radical (unpaired) electrons. The van der Waals surface area contributed by atoms with Crippen LogP contribution in [-0.2, 0) is 9.53 Å². The summed E-state index contributed by atoms with van der Waals surface area (Å²) in [6.07, 6.45) is 12.2. The van der Waals surface area contributed by atoms with Gasteiger partial charge in [-0.2, -0.15) is 0 Å². The average molecular weight is 232 g/mol. The molecule has 0 aromatic carbocycles. The molecule has 2 nitrogen and oxygen atoms in total. The van der Waals surface area contributed by atoms with Crippen LogP contribution in [0.25, 0.3) is 0 Å². The molecule has 1 rings (SSSR count). The summed E-state index contributed by atoms with van der Waals surface area (Å²) >= 11 is 0. The molecule has 0 saturated carbocycles. The molecule has 2 heteroatoms. The fourth-order valence-corrected chi connectivity index (χ4v) is 1.75. The molecule has 0 fully saturated rings. The molecule has 0 aromatic rings. The number of hydrogen-bond donors (Lipinski definition) is 0. The van der Waals surface area contributed by atoms with E-state index in [9.17, 15) is 4.79 Å². The van der Waals surface area contributed by atoms with Gasteiger partial charge in [0, 0.05) is 6.08 Å². The first-order chi connectivity index (χ1) is 8.15. The standard InChI is InChI=1S/C15H20O2/c1-4-13(5-2)11-14-7-6-8-15(16)17-12(3)9-10-14/h6-10,13H,3-5,11H2,1-2H3/b8-6+,10-9+,14-7+. The Labute approximate surface area is 103 Å². The van der Waals surface area contributed by atoms with E-state index >= 15 is 0 Å². The van der Waals surface area contributed by atoms with Gasteiger partial charge >= 0.3 is 5.97 Å². The van der Waals surface area contributed by atoms with E-state index in [-0.39, 0.29) is 5.97 Å². The minimum Gasteiger partial charge on any atom is -0.424 e. The Morgan fingerprint density at radius 2 is 1.94 bits per heavy atom. The number of esters is 1. The summed E-state index contributed by atoms with van der Waals surface area (Å²) in [5.41, 5.74) is 1.20. The van der Waals surface area contributed by atoms with Crippen molar-refractivity contribution in [3.05, 3.63) is 48.3 Å². The van der Waals surface area contributed by atoms with E-state index in [4.69, 9.17) is 4.74 Å². The molecule has 92 valence electrons. The number of ether oxygens (including phenoxy) is 1. The second kappa shape index (κ2) is 6.89. The number of carbonyl (C=O) groups excluding carboxylic acids is 1. The van der Waals surface area contributed by atoms with Crippen LogP contribution in [0.4, 0.5) is 0 Å². The second-order valence-electron chi connectivity index (χ2n) is 4.21. The molecule has 0 unspecified atom stereocenters. The molecule has 0 saturated heterocycles. The summed E-state index contributed by atoms with van der Waals surface area (Å²) in [6, 6.07) is 0. The van der Waals surface area contributed by atoms with E-state index < -0.39 is 0 Å². The van der Waals surface area contributed by atoms with Gasteiger partial charge in [-0.3, -0.25) is 0 Å². The van der Waals surface area contributed by atoms with E-state index in [1.54, 1.807) is 12.2 Å². The third-order valence-electron chi connectivity index (χ3n) is 2.94. The highest BCUT2D eigenvalue weighted by Gasteiger charge is 2.06. The quantitative estimate of drug-likeness (QED) is 0.687. The van der Waals surface area contributed by atoms with Crippen molar-refractivity contribution in [2.45, 2.75) is 33.1 Å². The molecule has 0 atom stereocenters. The zero-order chi connectivity index (χ0) is 12.7. The lowest BCUT2D eigenvalue weighted by Gasteiger charge is -2.12. The topological polar surface area (TPSA) is 26.3 Å². The summed E-state index contributed by atoms with van der Waals surface area (Å²) < 4.78 is 4.94. The Kier molecular flexibility index (Phi) is 5.47. The van der Waals surface area contributed by atoms with Gasteiger partial charge in [-0.1, -0.05) is 51.5 Å². The predicted octanol–water partition coefficient (Wildman–Crippen LogP) is 3.92. The highest BCUT2D eigenvalue weighted by molar-refractivity contribution is 5.83. The van der Waals surface area contributed by atoms with Gasteiger partial charge in [0.25, 0.3) is 0 Å². The number of hydrogen-bond acceptors (Lipinski definition) is 2. The van der Waals surface area contributed by atoms with Gasteiger partial charge in [0.05, 0.1) is 0 Å². The average Bonchev–Trinajstić information content (AvgIpc) is 2.38. The number of allylic oxidation sites excluding steroid dienone is 5. The van der Waals surface area contributed by atoms with Gasteiger partial charge in [-0.25, -0.2) is 4.79 Å².